The lowest BCUT2D eigenvalue weighted by atomic mass is 9.86. The Labute approximate surface area is 51.6 Å². The summed E-state index contributed by atoms with van der Waals surface area (Å²) < 4.78 is 0. The molecule has 45 valence electrons. The van der Waals surface area contributed by atoms with Gasteiger partial charge in [-0.2, -0.15) is 0 Å². The van der Waals surface area contributed by atoms with Crippen molar-refractivity contribution in [1.82, 2.24) is 0 Å². The lowest BCUT2D eigenvalue weighted by Crippen LogP contribution is -2.09. The van der Waals surface area contributed by atoms with Gasteiger partial charge in [0, 0.05) is 0 Å². The molecule has 1 rings (SSSR count). The van der Waals surface area contributed by atoms with Crippen LogP contribution in [-0.4, -0.2) is 0 Å². The van der Waals surface area contributed by atoms with Crippen LogP contribution in [0.4, 0.5) is 0 Å². The summed E-state index contributed by atoms with van der Waals surface area (Å²) in [5, 5.41) is 0. The summed E-state index contributed by atoms with van der Waals surface area (Å²) in [4.78, 5) is 0. The molecule has 1 radical (unpaired) electrons. The number of hydrogen-bond acceptors (Lipinski definition) is 0. The Morgan fingerprint density at radius 2 is 2.00 bits per heavy atom. The van der Waals surface area contributed by atoms with Crippen molar-refractivity contribution >= 4 is 0 Å². The summed E-state index contributed by atoms with van der Waals surface area (Å²) in [5.41, 5.74) is 0. The zero-order chi connectivity index (χ0) is 5.98. The summed E-state index contributed by atoms with van der Waals surface area (Å²) in [6.45, 7) is 6.29. The Morgan fingerprint density at radius 1 is 1.38 bits per heavy atom. The quantitative estimate of drug-likeness (QED) is 0.419. The lowest BCUT2D eigenvalue weighted by molar-refractivity contribution is 0.417. The van der Waals surface area contributed by atoms with Crippen molar-refractivity contribution in [2.45, 2.75) is 19.8 Å². The van der Waals surface area contributed by atoms with E-state index in [1.165, 1.54) is 12.8 Å². The second kappa shape index (κ2) is 2.34. The fraction of sp³-hybridized carbons (Fsp3) is 0.625. The average Bonchev–Trinajstić information content (AvgIpc) is 1.77. The smallest absolute Gasteiger partial charge is 0.0320 e. The van der Waals surface area contributed by atoms with Crippen molar-refractivity contribution in [1.29, 1.82) is 0 Å². The molecule has 0 saturated heterocycles. The summed E-state index contributed by atoms with van der Waals surface area (Å²) in [5.74, 6) is 1.47. The maximum atomic E-state index is 4.03. The summed E-state index contributed by atoms with van der Waals surface area (Å²) in [6.07, 6.45) is 6.90. The zero-order valence-electron chi connectivity index (χ0n) is 5.43. The molecule has 0 aromatic carbocycles. The molecule has 0 heteroatoms. The standard InChI is InChI=1S/C8H13/c1-7-5-3-4-6-8(7)2/h3-4,7-8H,1,5-6H2,2H3. The fourth-order valence-electron chi connectivity index (χ4n) is 1.01. The number of rotatable bonds is 0. The Morgan fingerprint density at radius 3 is 2.38 bits per heavy atom. The van der Waals surface area contributed by atoms with E-state index >= 15 is 0 Å². The molecule has 0 N–H and O–H groups in total. The molecule has 0 saturated carbocycles. The first-order valence-electron chi connectivity index (χ1n) is 3.29. The molecule has 0 amide bonds. The molecule has 0 fully saturated rings. The van der Waals surface area contributed by atoms with E-state index in [0.717, 1.165) is 5.92 Å². The topological polar surface area (TPSA) is 0 Å². The van der Waals surface area contributed by atoms with E-state index in [-0.39, 0.29) is 0 Å². The molecule has 0 nitrogen and oxygen atoms in total. The third kappa shape index (κ3) is 1.12. The van der Waals surface area contributed by atoms with E-state index in [1.807, 2.05) is 0 Å². The van der Waals surface area contributed by atoms with E-state index < -0.39 is 0 Å². The first-order chi connectivity index (χ1) is 3.80. The van der Waals surface area contributed by atoms with Crippen molar-refractivity contribution in [2.75, 3.05) is 0 Å². The van der Waals surface area contributed by atoms with Crippen LogP contribution in [0, 0.1) is 18.8 Å². The van der Waals surface area contributed by atoms with E-state index in [1.54, 1.807) is 0 Å². The first-order valence-corrected chi connectivity index (χ1v) is 3.29. The summed E-state index contributed by atoms with van der Waals surface area (Å²) in [7, 11) is 0. The Bertz CT molecular complexity index is 80.2. The molecule has 1 aliphatic carbocycles. The largest absolute Gasteiger partial charge is 0.0883 e. The van der Waals surface area contributed by atoms with E-state index in [9.17, 15) is 0 Å². The maximum absolute atomic E-state index is 4.03. The summed E-state index contributed by atoms with van der Waals surface area (Å²) in [6, 6.07) is 0. The lowest BCUT2D eigenvalue weighted by Gasteiger charge is -2.19. The molecule has 0 aliphatic heterocycles. The van der Waals surface area contributed by atoms with Gasteiger partial charge in [0.1, 0.15) is 0 Å². The Hall–Kier alpha value is -0.260. The maximum Gasteiger partial charge on any atom is -0.0320 e. The van der Waals surface area contributed by atoms with Gasteiger partial charge in [-0.1, -0.05) is 19.1 Å². The van der Waals surface area contributed by atoms with E-state index in [0.29, 0.717) is 5.92 Å². The van der Waals surface area contributed by atoms with Crippen LogP contribution in [0.5, 0.6) is 0 Å². The zero-order valence-corrected chi connectivity index (χ0v) is 5.43. The molecular formula is C8H13. The van der Waals surface area contributed by atoms with Crippen molar-refractivity contribution < 1.29 is 0 Å². The van der Waals surface area contributed by atoms with Gasteiger partial charge < -0.3 is 0 Å². The van der Waals surface area contributed by atoms with Crippen LogP contribution >= 0.6 is 0 Å². The normalized spacial score (nSPS) is 37.8. The number of hydrogen-bond donors (Lipinski definition) is 0. The second-order valence-electron chi connectivity index (χ2n) is 2.68. The van der Waals surface area contributed by atoms with Crippen LogP contribution in [0.2, 0.25) is 0 Å². The van der Waals surface area contributed by atoms with Crippen molar-refractivity contribution in [2.24, 2.45) is 11.8 Å². The van der Waals surface area contributed by atoms with Crippen LogP contribution in [0.3, 0.4) is 0 Å². The van der Waals surface area contributed by atoms with Gasteiger partial charge in [-0.15, -0.1) is 0 Å². The molecule has 2 atom stereocenters. The average molecular weight is 109 g/mol. The molecule has 1 aliphatic rings. The molecule has 2 unspecified atom stereocenters. The highest BCUT2D eigenvalue weighted by atomic mass is 14.2. The van der Waals surface area contributed by atoms with E-state index in [2.05, 4.69) is 26.0 Å². The minimum Gasteiger partial charge on any atom is -0.0883 e. The van der Waals surface area contributed by atoms with Crippen LogP contribution in [0.1, 0.15) is 19.8 Å². The van der Waals surface area contributed by atoms with Gasteiger partial charge in [0.05, 0.1) is 0 Å². The predicted octanol–water partition coefficient (Wildman–Crippen LogP) is 2.42. The van der Waals surface area contributed by atoms with Crippen LogP contribution in [0.25, 0.3) is 0 Å². The third-order valence-corrected chi connectivity index (χ3v) is 1.92. The Balaban J connectivity index is 2.44. The monoisotopic (exact) mass is 109 g/mol. The van der Waals surface area contributed by atoms with Crippen molar-refractivity contribution in [3.05, 3.63) is 19.1 Å². The molecule has 8 heavy (non-hydrogen) atoms. The molecule has 0 aromatic rings. The van der Waals surface area contributed by atoms with Gasteiger partial charge in [-0.05, 0) is 31.6 Å². The number of allylic oxidation sites excluding steroid dienone is 2. The van der Waals surface area contributed by atoms with Gasteiger partial charge in [-0.25, -0.2) is 0 Å². The highest BCUT2D eigenvalue weighted by molar-refractivity contribution is 4.93. The van der Waals surface area contributed by atoms with Crippen LogP contribution in [-0.2, 0) is 0 Å². The van der Waals surface area contributed by atoms with Crippen molar-refractivity contribution in [3.63, 3.8) is 0 Å². The van der Waals surface area contributed by atoms with Gasteiger partial charge >= 0.3 is 0 Å². The molecule has 0 heterocycles. The van der Waals surface area contributed by atoms with Crippen LogP contribution in [0.15, 0.2) is 12.2 Å². The summed E-state index contributed by atoms with van der Waals surface area (Å²) >= 11 is 0. The van der Waals surface area contributed by atoms with E-state index in [4.69, 9.17) is 0 Å². The Kier molecular flexibility index (Phi) is 1.72. The third-order valence-electron chi connectivity index (χ3n) is 1.92. The highest BCUT2D eigenvalue weighted by Crippen LogP contribution is 2.22. The molecule has 0 bridgehead atoms. The van der Waals surface area contributed by atoms with Gasteiger partial charge in [0.2, 0.25) is 0 Å². The minimum atomic E-state index is 0.667. The first kappa shape index (κ1) is 5.87. The van der Waals surface area contributed by atoms with Crippen LogP contribution < -0.4 is 0 Å². The van der Waals surface area contributed by atoms with Crippen molar-refractivity contribution in [3.8, 4) is 0 Å². The molecule has 0 spiro atoms. The van der Waals surface area contributed by atoms with Gasteiger partial charge in [0.15, 0.2) is 0 Å². The fourth-order valence-corrected chi connectivity index (χ4v) is 1.01. The SMILES string of the molecule is [CH2]C1CC=CCC1C. The van der Waals surface area contributed by atoms with Gasteiger partial charge in [0.25, 0.3) is 0 Å². The second-order valence-corrected chi connectivity index (χ2v) is 2.68. The predicted molar refractivity (Wildman–Crippen MR) is 36.4 cm³/mol. The minimum absolute atomic E-state index is 0.667. The molecule has 0 aromatic heterocycles. The van der Waals surface area contributed by atoms with Gasteiger partial charge in [-0.3, -0.25) is 0 Å². The molecular weight excluding hydrogens is 96.1 g/mol. The highest BCUT2D eigenvalue weighted by Gasteiger charge is 2.11.